The summed E-state index contributed by atoms with van der Waals surface area (Å²) in [6.07, 6.45) is 0.828. The molecule has 1 amide bonds. The second-order valence-electron chi connectivity index (χ2n) is 10.5. The maximum absolute atomic E-state index is 13.3. The lowest BCUT2D eigenvalue weighted by molar-refractivity contribution is -0.384. The van der Waals surface area contributed by atoms with Gasteiger partial charge in [-0.2, -0.15) is 0 Å². The van der Waals surface area contributed by atoms with Gasteiger partial charge in [0.2, 0.25) is 5.91 Å². The van der Waals surface area contributed by atoms with Gasteiger partial charge in [-0.15, -0.1) is 11.8 Å². The molecule has 3 aliphatic heterocycles. The summed E-state index contributed by atoms with van der Waals surface area (Å²) >= 11 is 2.75. The number of Topliss-reactive ketones (excluding diaryl/α,β-unsaturated/α-hetero) is 1. The molecule has 0 saturated carbocycles. The number of aliphatic hydroxyl groups excluding tert-OH is 1. The minimum Gasteiger partial charge on any atom is -0.477 e. The fraction of sp³-hybridized carbons (Fsp3) is 0.414. The number of hydrogen-bond acceptors (Lipinski definition) is 9. The third-order valence-electron chi connectivity index (χ3n) is 7.90. The van der Waals surface area contributed by atoms with Crippen LogP contribution in [0, 0.1) is 16.0 Å². The monoisotopic (exact) mass is 597 g/mol. The number of fused-ring (bicyclic) bond motifs is 1. The van der Waals surface area contributed by atoms with E-state index in [1.54, 1.807) is 19.1 Å². The van der Waals surface area contributed by atoms with E-state index < -0.39 is 33.7 Å². The van der Waals surface area contributed by atoms with Crippen molar-refractivity contribution in [2.45, 2.75) is 48.8 Å². The summed E-state index contributed by atoms with van der Waals surface area (Å²) in [5.74, 6) is -2.34. The number of rotatable bonds is 12. The Labute approximate surface area is 245 Å². The summed E-state index contributed by atoms with van der Waals surface area (Å²) in [5, 5.41) is 32.2. The molecule has 2 N–H and O–H groups in total. The second kappa shape index (κ2) is 12.0. The van der Waals surface area contributed by atoms with Crippen molar-refractivity contribution in [1.82, 2.24) is 9.80 Å². The van der Waals surface area contributed by atoms with Gasteiger partial charge in [0.1, 0.15) is 4.87 Å². The molecule has 5 rings (SSSR count). The van der Waals surface area contributed by atoms with Gasteiger partial charge in [0.25, 0.3) is 5.69 Å². The maximum atomic E-state index is 13.3. The molecule has 41 heavy (non-hydrogen) atoms. The Morgan fingerprint density at radius 2 is 1.90 bits per heavy atom. The lowest BCUT2D eigenvalue weighted by Gasteiger charge is -2.54. The Kier molecular flexibility index (Phi) is 8.55. The highest BCUT2D eigenvalue weighted by atomic mass is 32.2. The predicted molar refractivity (Wildman–Crippen MR) is 156 cm³/mol. The zero-order chi connectivity index (χ0) is 29.3. The highest BCUT2D eigenvalue weighted by molar-refractivity contribution is 8.23. The number of likely N-dealkylation sites (tertiary alicyclic amines) is 1. The number of thioether (sulfide) groups is 2. The molecule has 0 spiro atoms. The highest BCUT2D eigenvalue weighted by Crippen LogP contribution is 2.63. The number of ketones is 1. The molecule has 216 valence electrons. The van der Waals surface area contributed by atoms with Gasteiger partial charge in [0.15, 0.2) is 11.5 Å². The summed E-state index contributed by atoms with van der Waals surface area (Å²) in [7, 11) is 0. The number of nitro groups is 1. The number of aliphatic hydroxyl groups is 1. The number of non-ortho nitro benzene ring substituents is 1. The molecule has 4 atom stereocenters. The number of nitrogens with zero attached hydrogens (tertiary/aromatic N) is 3. The molecule has 2 saturated heterocycles. The Hall–Kier alpha value is -3.19. The number of carbonyl (C=O) groups excluding carboxylic acids is 2. The van der Waals surface area contributed by atoms with Crippen molar-refractivity contribution < 1.29 is 29.5 Å². The van der Waals surface area contributed by atoms with Crippen LogP contribution in [0.25, 0.3) is 0 Å². The van der Waals surface area contributed by atoms with Crippen LogP contribution in [0.5, 0.6) is 0 Å². The molecule has 0 unspecified atom stereocenters. The number of carbonyl (C=O) groups is 3. The second-order valence-corrected chi connectivity index (χ2v) is 13.4. The Bertz CT molecular complexity index is 1380. The number of aliphatic carboxylic acids is 1. The molecule has 10 nitrogen and oxygen atoms in total. The van der Waals surface area contributed by atoms with Gasteiger partial charge in [-0.1, -0.05) is 61.2 Å². The molecule has 12 heteroatoms. The third kappa shape index (κ3) is 5.66. The summed E-state index contributed by atoms with van der Waals surface area (Å²) in [5.41, 5.74) is 1.27. The summed E-state index contributed by atoms with van der Waals surface area (Å²) < 4.78 is 0.533. The van der Waals surface area contributed by atoms with E-state index in [4.69, 9.17) is 0 Å². The molecule has 0 radical (unpaired) electrons. The molecule has 0 aliphatic carbocycles. The molecule has 2 aromatic carbocycles. The molecular formula is C29H31N3O7S2. The van der Waals surface area contributed by atoms with Crippen molar-refractivity contribution in [3.63, 3.8) is 0 Å². The number of β-lactam (4-membered cyclic amide) rings is 1. The van der Waals surface area contributed by atoms with Gasteiger partial charge in [-0.25, -0.2) is 4.79 Å². The van der Waals surface area contributed by atoms with Crippen LogP contribution in [0.15, 0.2) is 64.5 Å². The SMILES string of the molecule is CC[C@H](O)[C@@H]1C(=O)N2C(C(=O)O)=C(S[C@H]3CCN(CCC(=O)c4ccccc4)C3)S[C@]12Cc1ccc([N+](=O)[O-])cc1. The van der Waals surface area contributed by atoms with Gasteiger partial charge in [0.05, 0.1) is 21.2 Å². The molecule has 3 aliphatic rings. The zero-order valence-electron chi connectivity index (χ0n) is 22.5. The Morgan fingerprint density at radius 3 is 2.54 bits per heavy atom. The first kappa shape index (κ1) is 29.3. The molecule has 2 fully saturated rings. The number of carboxylic acid groups (broad SMARTS) is 1. The van der Waals surface area contributed by atoms with Gasteiger partial charge >= 0.3 is 5.97 Å². The average molecular weight is 598 g/mol. The zero-order valence-corrected chi connectivity index (χ0v) is 24.1. The van der Waals surface area contributed by atoms with Crippen LogP contribution in [-0.4, -0.2) is 78.5 Å². The number of benzene rings is 2. The van der Waals surface area contributed by atoms with E-state index in [0.717, 1.165) is 13.0 Å². The molecule has 0 bridgehead atoms. The van der Waals surface area contributed by atoms with E-state index in [9.17, 15) is 34.7 Å². The third-order valence-corrected chi connectivity index (χ3v) is 10.9. The van der Waals surface area contributed by atoms with Crippen molar-refractivity contribution in [3.8, 4) is 0 Å². The van der Waals surface area contributed by atoms with Crippen LogP contribution < -0.4 is 0 Å². The van der Waals surface area contributed by atoms with E-state index in [1.807, 2.05) is 30.3 Å². The minimum atomic E-state index is -1.20. The van der Waals surface area contributed by atoms with Crippen LogP contribution in [0.3, 0.4) is 0 Å². The quantitative estimate of drug-likeness (QED) is 0.159. The predicted octanol–water partition coefficient (Wildman–Crippen LogP) is 4.14. The fourth-order valence-corrected chi connectivity index (χ4v) is 9.42. The maximum Gasteiger partial charge on any atom is 0.354 e. The van der Waals surface area contributed by atoms with E-state index in [-0.39, 0.29) is 28.8 Å². The Balaban J connectivity index is 1.32. The summed E-state index contributed by atoms with van der Waals surface area (Å²) in [4.78, 5) is 51.5. The first-order valence-corrected chi connectivity index (χ1v) is 15.2. The number of carboxylic acids is 1. The fourth-order valence-electron chi connectivity index (χ4n) is 5.79. The average Bonchev–Trinajstić information content (AvgIpc) is 3.52. The van der Waals surface area contributed by atoms with E-state index in [1.165, 1.54) is 40.6 Å². The first-order valence-electron chi connectivity index (χ1n) is 13.5. The molecule has 0 aromatic heterocycles. The van der Waals surface area contributed by atoms with Crippen molar-refractivity contribution in [2.75, 3.05) is 19.6 Å². The standard InChI is InChI=1S/C29H31N3O7S2/c1-2-22(33)24-26(35)31-25(27(36)37)28(41-29(24,31)16-18-8-10-20(11-9-18)32(38)39)40-21-12-14-30(17-21)15-13-23(34)19-6-4-3-5-7-19/h3-11,21-22,24,33H,2,12-17H2,1H3,(H,36,37)/t21-,22-,24+,29+/m0/s1. The number of amides is 1. The molecule has 2 aromatic rings. The normalized spacial score (nSPS) is 24.7. The van der Waals surface area contributed by atoms with Crippen molar-refractivity contribution in [3.05, 3.63) is 85.8 Å². The van der Waals surface area contributed by atoms with Gasteiger partial charge in [-0.05, 0) is 24.9 Å². The van der Waals surface area contributed by atoms with Crippen LogP contribution in [0.1, 0.15) is 42.1 Å². The lowest BCUT2D eigenvalue weighted by atomic mass is 9.77. The van der Waals surface area contributed by atoms with Crippen molar-refractivity contribution in [1.29, 1.82) is 0 Å². The van der Waals surface area contributed by atoms with Crippen LogP contribution >= 0.6 is 23.5 Å². The number of nitro benzene ring substituents is 1. The molecular weight excluding hydrogens is 566 g/mol. The number of hydrogen-bond donors (Lipinski definition) is 2. The Morgan fingerprint density at radius 1 is 1.20 bits per heavy atom. The van der Waals surface area contributed by atoms with Gasteiger partial charge < -0.3 is 15.1 Å². The largest absolute Gasteiger partial charge is 0.477 e. The van der Waals surface area contributed by atoms with Gasteiger partial charge in [0, 0.05) is 48.9 Å². The summed E-state index contributed by atoms with van der Waals surface area (Å²) in [6, 6.07) is 15.2. The van der Waals surface area contributed by atoms with Crippen molar-refractivity contribution >= 4 is 46.9 Å². The lowest BCUT2D eigenvalue weighted by Crippen LogP contribution is -2.71. The minimum absolute atomic E-state index is 0.0612. The van der Waals surface area contributed by atoms with Gasteiger partial charge in [-0.3, -0.25) is 24.6 Å². The highest BCUT2D eigenvalue weighted by Gasteiger charge is 2.68. The van der Waals surface area contributed by atoms with Crippen molar-refractivity contribution in [2.24, 2.45) is 5.92 Å². The first-order chi connectivity index (χ1) is 19.6. The van der Waals surface area contributed by atoms with Crippen LogP contribution in [0.2, 0.25) is 0 Å². The van der Waals surface area contributed by atoms with Crippen LogP contribution in [-0.2, 0) is 16.0 Å². The van der Waals surface area contributed by atoms with E-state index in [2.05, 4.69) is 4.90 Å². The van der Waals surface area contributed by atoms with Crippen LogP contribution in [0.4, 0.5) is 5.69 Å². The smallest absolute Gasteiger partial charge is 0.354 e. The summed E-state index contributed by atoms with van der Waals surface area (Å²) in [6.45, 7) is 3.86. The van der Waals surface area contributed by atoms with E-state index >= 15 is 0 Å². The molecule has 3 heterocycles. The van der Waals surface area contributed by atoms with E-state index in [0.29, 0.717) is 41.3 Å². The topological polar surface area (TPSA) is 141 Å².